The predicted molar refractivity (Wildman–Crippen MR) is 77.0 cm³/mol. The molecule has 0 amide bonds. The number of hydrogen-bond acceptors (Lipinski definition) is 2. The van der Waals surface area contributed by atoms with Crippen LogP contribution in [-0.2, 0) is 0 Å². The van der Waals surface area contributed by atoms with Crippen LogP contribution in [0.2, 0.25) is 0 Å². The third kappa shape index (κ3) is 3.08. The third-order valence-corrected chi connectivity index (χ3v) is 4.12. The molecule has 3 heteroatoms. The SMILES string of the molecule is Cc1cc(N2CCCCCC2C)c(C(C)O)cc1F. The van der Waals surface area contributed by atoms with Crippen LogP contribution in [-0.4, -0.2) is 17.7 Å². The van der Waals surface area contributed by atoms with E-state index in [0.29, 0.717) is 17.2 Å². The standard InChI is InChI=1S/C16H24FNO/c1-11-9-16(14(13(3)19)10-15(11)17)18-8-6-4-5-7-12(18)2/h9-10,12-13,19H,4-8H2,1-3H3. The maximum atomic E-state index is 13.7. The second-order valence-corrected chi connectivity index (χ2v) is 5.73. The summed E-state index contributed by atoms with van der Waals surface area (Å²) < 4.78 is 13.7. The number of rotatable bonds is 2. The highest BCUT2D eigenvalue weighted by atomic mass is 19.1. The first kappa shape index (κ1) is 14.3. The fraction of sp³-hybridized carbons (Fsp3) is 0.625. The van der Waals surface area contributed by atoms with Crippen molar-refractivity contribution in [2.45, 2.75) is 58.6 Å². The zero-order valence-corrected chi connectivity index (χ0v) is 12.1. The smallest absolute Gasteiger partial charge is 0.126 e. The first-order valence-corrected chi connectivity index (χ1v) is 7.25. The monoisotopic (exact) mass is 265 g/mol. The lowest BCUT2D eigenvalue weighted by molar-refractivity contribution is 0.199. The minimum absolute atomic E-state index is 0.234. The van der Waals surface area contributed by atoms with Gasteiger partial charge in [-0.15, -0.1) is 0 Å². The van der Waals surface area contributed by atoms with Crippen molar-refractivity contribution in [1.29, 1.82) is 0 Å². The summed E-state index contributed by atoms with van der Waals surface area (Å²) in [6, 6.07) is 3.83. The molecule has 1 aliphatic heterocycles. The van der Waals surface area contributed by atoms with Crippen LogP contribution in [0.15, 0.2) is 12.1 Å². The maximum Gasteiger partial charge on any atom is 0.126 e. The molecule has 0 saturated carbocycles. The highest BCUT2D eigenvalue weighted by Gasteiger charge is 2.22. The lowest BCUT2D eigenvalue weighted by Gasteiger charge is -2.32. The van der Waals surface area contributed by atoms with E-state index in [1.807, 2.05) is 6.07 Å². The number of benzene rings is 1. The number of halogens is 1. The summed E-state index contributed by atoms with van der Waals surface area (Å²) in [6.07, 6.45) is 4.20. The number of anilines is 1. The van der Waals surface area contributed by atoms with E-state index in [9.17, 15) is 9.50 Å². The summed E-state index contributed by atoms with van der Waals surface area (Å²) in [5.74, 6) is -0.234. The van der Waals surface area contributed by atoms with Gasteiger partial charge in [-0.25, -0.2) is 4.39 Å². The van der Waals surface area contributed by atoms with Crippen molar-refractivity contribution in [3.05, 3.63) is 29.1 Å². The molecule has 2 nitrogen and oxygen atoms in total. The van der Waals surface area contributed by atoms with Crippen molar-refractivity contribution in [3.8, 4) is 0 Å². The molecule has 1 fully saturated rings. The largest absolute Gasteiger partial charge is 0.389 e. The molecule has 0 aromatic heterocycles. The second kappa shape index (κ2) is 5.91. The Morgan fingerprint density at radius 2 is 2.05 bits per heavy atom. The molecule has 1 aromatic carbocycles. The Bertz CT molecular complexity index is 445. The van der Waals surface area contributed by atoms with Gasteiger partial charge >= 0.3 is 0 Å². The fourth-order valence-electron chi connectivity index (χ4n) is 2.90. The van der Waals surface area contributed by atoms with E-state index in [4.69, 9.17) is 0 Å². The Hall–Kier alpha value is -1.09. The van der Waals surface area contributed by atoms with Gasteiger partial charge in [0, 0.05) is 23.8 Å². The van der Waals surface area contributed by atoms with Gasteiger partial charge in [0.15, 0.2) is 0 Å². The van der Waals surface area contributed by atoms with Crippen molar-refractivity contribution in [1.82, 2.24) is 0 Å². The average molecular weight is 265 g/mol. The van der Waals surface area contributed by atoms with Crippen LogP contribution in [0.25, 0.3) is 0 Å². The summed E-state index contributed by atoms with van der Waals surface area (Å²) in [4.78, 5) is 2.33. The second-order valence-electron chi connectivity index (χ2n) is 5.73. The first-order valence-electron chi connectivity index (χ1n) is 7.25. The molecule has 1 aromatic rings. The van der Waals surface area contributed by atoms with Gasteiger partial charge in [-0.2, -0.15) is 0 Å². The van der Waals surface area contributed by atoms with E-state index in [1.54, 1.807) is 13.8 Å². The van der Waals surface area contributed by atoms with Gasteiger partial charge in [0.25, 0.3) is 0 Å². The molecule has 0 spiro atoms. The van der Waals surface area contributed by atoms with E-state index in [1.165, 1.54) is 25.3 Å². The Morgan fingerprint density at radius 1 is 1.32 bits per heavy atom. The summed E-state index contributed by atoms with van der Waals surface area (Å²) in [7, 11) is 0. The molecular formula is C16H24FNO. The zero-order valence-electron chi connectivity index (χ0n) is 12.1. The van der Waals surface area contributed by atoms with Crippen molar-refractivity contribution >= 4 is 5.69 Å². The average Bonchev–Trinajstić information content (AvgIpc) is 2.56. The summed E-state index contributed by atoms with van der Waals surface area (Å²) >= 11 is 0. The van der Waals surface area contributed by atoms with Gasteiger partial charge in [-0.3, -0.25) is 0 Å². The number of nitrogens with zero attached hydrogens (tertiary/aromatic N) is 1. The molecule has 106 valence electrons. The molecule has 0 radical (unpaired) electrons. The number of aryl methyl sites for hydroxylation is 1. The third-order valence-electron chi connectivity index (χ3n) is 4.12. The van der Waals surface area contributed by atoms with Gasteiger partial charge in [0.05, 0.1) is 6.10 Å². The van der Waals surface area contributed by atoms with Crippen LogP contribution >= 0.6 is 0 Å². The lowest BCUT2D eigenvalue weighted by atomic mass is 10.0. The van der Waals surface area contributed by atoms with Crippen LogP contribution in [0, 0.1) is 12.7 Å². The van der Waals surface area contributed by atoms with Crippen LogP contribution in [0.5, 0.6) is 0 Å². The molecule has 0 aliphatic carbocycles. The zero-order chi connectivity index (χ0) is 14.0. The van der Waals surface area contributed by atoms with E-state index in [2.05, 4.69) is 11.8 Å². The Labute approximate surface area is 115 Å². The molecule has 19 heavy (non-hydrogen) atoms. The molecule has 1 saturated heterocycles. The molecule has 1 N–H and O–H groups in total. The van der Waals surface area contributed by atoms with Crippen molar-refractivity contribution < 1.29 is 9.50 Å². The molecule has 1 heterocycles. The number of hydrogen-bond donors (Lipinski definition) is 1. The predicted octanol–water partition coefficient (Wildman–Crippen LogP) is 3.96. The number of aliphatic hydroxyl groups is 1. The first-order chi connectivity index (χ1) is 9.00. The van der Waals surface area contributed by atoms with Crippen LogP contribution in [0.3, 0.4) is 0 Å². The highest BCUT2D eigenvalue weighted by molar-refractivity contribution is 5.57. The highest BCUT2D eigenvalue weighted by Crippen LogP contribution is 2.32. The molecule has 1 aliphatic rings. The quantitative estimate of drug-likeness (QED) is 0.875. The molecule has 2 unspecified atom stereocenters. The molecule has 0 bridgehead atoms. The van der Waals surface area contributed by atoms with E-state index >= 15 is 0 Å². The minimum Gasteiger partial charge on any atom is -0.389 e. The van der Waals surface area contributed by atoms with Crippen molar-refractivity contribution in [2.75, 3.05) is 11.4 Å². The molecule has 2 rings (SSSR count). The normalized spacial score (nSPS) is 22.2. The maximum absolute atomic E-state index is 13.7. The van der Waals surface area contributed by atoms with Gasteiger partial charge in [-0.1, -0.05) is 12.8 Å². The summed E-state index contributed by atoms with van der Waals surface area (Å²) in [5.41, 5.74) is 2.36. The van der Waals surface area contributed by atoms with Gasteiger partial charge in [0.1, 0.15) is 5.82 Å². The topological polar surface area (TPSA) is 23.5 Å². The van der Waals surface area contributed by atoms with Crippen molar-refractivity contribution in [3.63, 3.8) is 0 Å². The summed E-state index contributed by atoms with van der Waals surface area (Å²) in [6.45, 7) is 6.70. The van der Waals surface area contributed by atoms with E-state index < -0.39 is 6.10 Å². The van der Waals surface area contributed by atoms with Crippen LogP contribution in [0.4, 0.5) is 10.1 Å². The fourth-order valence-corrected chi connectivity index (χ4v) is 2.90. The molecule has 2 atom stereocenters. The Kier molecular flexibility index (Phi) is 4.46. The van der Waals surface area contributed by atoms with Gasteiger partial charge < -0.3 is 10.0 Å². The minimum atomic E-state index is -0.638. The van der Waals surface area contributed by atoms with Crippen LogP contribution in [0.1, 0.15) is 56.8 Å². The van der Waals surface area contributed by atoms with Gasteiger partial charge in [-0.05, 0) is 51.3 Å². The van der Waals surface area contributed by atoms with E-state index in [-0.39, 0.29) is 5.82 Å². The Balaban J connectivity index is 2.43. The Morgan fingerprint density at radius 3 is 2.74 bits per heavy atom. The van der Waals surface area contributed by atoms with Crippen LogP contribution < -0.4 is 4.90 Å². The lowest BCUT2D eigenvalue weighted by Crippen LogP contribution is -2.33. The summed E-state index contributed by atoms with van der Waals surface area (Å²) in [5, 5.41) is 9.91. The van der Waals surface area contributed by atoms with Crippen molar-refractivity contribution in [2.24, 2.45) is 0 Å². The van der Waals surface area contributed by atoms with E-state index in [0.717, 1.165) is 18.7 Å². The van der Waals surface area contributed by atoms with Gasteiger partial charge in [0.2, 0.25) is 0 Å². The number of aliphatic hydroxyl groups excluding tert-OH is 1. The molecular weight excluding hydrogens is 241 g/mol.